The molecule has 21 heavy (non-hydrogen) atoms. The summed E-state index contributed by atoms with van der Waals surface area (Å²) in [5.41, 5.74) is 0.340. The summed E-state index contributed by atoms with van der Waals surface area (Å²) in [6, 6.07) is 4.47. The quantitative estimate of drug-likeness (QED) is 0.788. The van der Waals surface area contributed by atoms with Crippen LogP contribution >= 0.6 is 0 Å². The lowest BCUT2D eigenvalue weighted by Gasteiger charge is -2.18. The van der Waals surface area contributed by atoms with Crippen molar-refractivity contribution in [1.82, 2.24) is 10.2 Å². The van der Waals surface area contributed by atoms with Gasteiger partial charge in [0.05, 0.1) is 12.6 Å². The maximum absolute atomic E-state index is 13.1. The maximum atomic E-state index is 13.1. The summed E-state index contributed by atoms with van der Waals surface area (Å²) in [7, 11) is 0. The van der Waals surface area contributed by atoms with E-state index < -0.39 is 24.0 Å². The van der Waals surface area contributed by atoms with Crippen LogP contribution in [0, 0.1) is 5.82 Å². The Morgan fingerprint density at radius 1 is 1.43 bits per heavy atom. The molecule has 1 saturated heterocycles. The number of rotatable bonds is 6. The molecule has 0 spiro atoms. The molecular weight excluding hydrogens is 275 g/mol. The van der Waals surface area contributed by atoms with Gasteiger partial charge in [0, 0.05) is 0 Å². The van der Waals surface area contributed by atoms with Gasteiger partial charge < -0.3 is 10.4 Å². The van der Waals surface area contributed by atoms with Crippen molar-refractivity contribution in [2.75, 3.05) is 6.54 Å². The minimum Gasteiger partial charge on any atom is -0.387 e. The molecule has 1 aromatic rings. The second-order valence-electron chi connectivity index (χ2n) is 5.16. The van der Waals surface area contributed by atoms with Crippen LogP contribution in [0.25, 0.3) is 0 Å². The van der Waals surface area contributed by atoms with Crippen molar-refractivity contribution < 1.29 is 19.1 Å². The molecular formula is C15H19FN2O3. The number of benzene rings is 1. The number of unbranched alkanes of at least 4 members (excludes halogenated alkanes) is 1. The van der Waals surface area contributed by atoms with Crippen LogP contribution in [0.15, 0.2) is 24.3 Å². The summed E-state index contributed by atoms with van der Waals surface area (Å²) in [4.78, 5) is 24.9. The standard InChI is InChI=1S/C15H19FN2O3/c1-2-3-7-12-14(20)18(15(21)17-12)9-13(19)10-5-4-6-11(16)8-10/h4-6,8,12-13,19H,2-3,7,9H2,1H3,(H,17,21)/t12-,13+/m0/s1. The number of carbonyl (C=O) groups excluding carboxylic acids is 2. The van der Waals surface area contributed by atoms with Gasteiger partial charge in [-0.15, -0.1) is 0 Å². The fraction of sp³-hybridized carbons (Fsp3) is 0.467. The summed E-state index contributed by atoms with van der Waals surface area (Å²) in [6.45, 7) is 1.84. The third-order valence-corrected chi connectivity index (χ3v) is 3.54. The van der Waals surface area contributed by atoms with Gasteiger partial charge in [0.2, 0.25) is 0 Å². The van der Waals surface area contributed by atoms with Crippen LogP contribution in [0.5, 0.6) is 0 Å². The van der Waals surface area contributed by atoms with Crippen LogP contribution in [0.3, 0.4) is 0 Å². The minimum absolute atomic E-state index is 0.170. The number of nitrogens with zero attached hydrogens (tertiary/aromatic N) is 1. The zero-order chi connectivity index (χ0) is 15.4. The van der Waals surface area contributed by atoms with E-state index in [9.17, 15) is 19.1 Å². The lowest BCUT2D eigenvalue weighted by molar-refractivity contribution is -0.128. The molecule has 0 aliphatic carbocycles. The fourth-order valence-electron chi connectivity index (χ4n) is 2.35. The van der Waals surface area contributed by atoms with Crippen molar-refractivity contribution in [2.45, 2.75) is 38.3 Å². The molecule has 5 nitrogen and oxygen atoms in total. The Kier molecular flexibility index (Phi) is 4.90. The van der Waals surface area contributed by atoms with Crippen molar-refractivity contribution in [3.05, 3.63) is 35.6 Å². The van der Waals surface area contributed by atoms with Gasteiger partial charge in [-0.2, -0.15) is 0 Å². The van der Waals surface area contributed by atoms with E-state index in [2.05, 4.69) is 5.32 Å². The number of imide groups is 1. The number of halogens is 1. The third kappa shape index (κ3) is 3.58. The molecule has 2 N–H and O–H groups in total. The Bertz CT molecular complexity index is 535. The van der Waals surface area contributed by atoms with Gasteiger partial charge in [0.15, 0.2) is 0 Å². The summed E-state index contributed by atoms with van der Waals surface area (Å²) in [5.74, 6) is -0.798. The average molecular weight is 294 g/mol. The second-order valence-corrected chi connectivity index (χ2v) is 5.16. The maximum Gasteiger partial charge on any atom is 0.324 e. The average Bonchev–Trinajstić information content (AvgIpc) is 2.72. The van der Waals surface area contributed by atoms with Gasteiger partial charge in [-0.25, -0.2) is 9.18 Å². The number of hydrogen-bond acceptors (Lipinski definition) is 3. The van der Waals surface area contributed by atoms with Crippen LogP contribution in [0.4, 0.5) is 9.18 Å². The van der Waals surface area contributed by atoms with Gasteiger partial charge in [0.1, 0.15) is 11.9 Å². The molecule has 2 rings (SSSR count). The van der Waals surface area contributed by atoms with Gasteiger partial charge in [-0.05, 0) is 24.1 Å². The van der Waals surface area contributed by atoms with Crippen molar-refractivity contribution in [3.63, 3.8) is 0 Å². The first-order valence-corrected chi connectivity index (χ1v) is 7.08. The topological polar surface area (TPSA) is 69.6 Å². The second kappa shape index (κ2) is 6.67. The summed E-state index contributed by atoms with van der Waals surface area (Å²) in [5, 5.41) is 12.7. The highest BCUT2D eigenvalue weighted by atomic mass is 19.1. The lowest BCUT2D eigenvalue weighted by Crippen LogP contribution is -2.35. The van der Waals surface area contributed by atoms with Crippen molar-refractivity contribution in [3.8, 4) is 0 Å². The minimum atomic E-state index is -1.10. The zero-order valence-electron chi connectivity index (χ0n) is 11.9. The molecule has 3 amide bonds. The Hall–Kier alpha value is -1.95. The van der Waals surface area contributed by atoms with E-state index >= 15 is 0 Å². The van der Waals surface area contributed by atoms with E-state index in [0.29, 0.717) is 12.0 Å². The Labute approximate surface area is 122 Å². The highest BCUT2D eigenvalue weighted by molar-refractivity contribution is 6.04. The Morgan fingerprint density at radius 3 is 2.86 bits per heavy atom. The largest absolute Gasteiger partial charge is 0.387 e. The van der Waals surface area contributed by atoms with Crippen LogP contribution in [-0.4, -0.2) is 34.5 Å². The predicted octanol–water partition coefficient (Wildman–Crippen LogP) is 1.97. The Morgan fingerprint density at radius 2 is 2.19 bits per heavy atom. The first-order valence-electron chi connectivity index (χ1n) is 7.08. The smallest absolute Gasteiger partial charge is 0.324 e. The van der Waals surface area contributed by atoms with Gasteiger partial charge in [-0.3, -0.25) is 9.69 Å². The van der Waals surface area contributed by atoms with Crippen LogP contribution in [0.2, 0.25) is 0 Å². The van der Waals surface area contributed by atoms with E-state index in [1.54, 1.807) is 6.07 Å². The lowest BCUT2D eigenvalue weighted by atomic mass is 10.1. The monoisotopic (exact) mass is 294 g/mol. The van der Waals surface area contributed by atoms with Crippen LogP contribution in [0.1, 0.15) is 37.9 Å². The summed E-state index contributed by atoms with van der Waals surface area (Å²) < 4.78 is 13.1. The van der Waals surface area contributed by atoms with Crippen molar-refractivity contribution in [2.24, 2.45) is 0 Å². The molecule has 6 heteroatoms. The third-order valence-electron chi connectivity index (χ3n) is 3.54. The number of carbonyl (C=O) groups is 2. The molecule has 1 heterocycles. The highest BCUT2D eigenvalue weighted by Crippen LogP contribution is 2.19. The van der Waals surface area contributed by atoms with Gasteiger partial charge in [0.25, 0.3) is 5.91 Å². The number of β-amino-alcohol motifs (C(OH)–C–C–N with tert-alkyl or cyclic N) is 1. The van der Waals surface area contributed by atoms with E-state index in [0.717, 1.165) is 17.7 Å². The number of nitrogens with one attached hydrogen (secondary N) is 1. The molecule has 0 radical (unpaired) electrons. The molecule has 114 valence electrons. The van der Waals surface area contributed by atoms with E-state index in [4.69, 9.17) is 0 Å². The van der Waals surface area contributed by atoms with Crippen LogP contribution in [-0.2, 0) is 4.79 Å². The molecule has 1 fully saturated rings. The molecule has 1 aliphatic heterocycles. The number of aliphatic hydroxyl groups is 1. The molecule has 1 aliphatic rings. The van der Waals surface area contributed by atoms with Gasteiger partial charge in [-0.1, -0.05) is 31.9 Å². The number of amides is 3. The highest BCUT2D eigenvalue weighted by Gasteiger charge is 2.38. The van der Waals surface area contributed by atoms with E-state index in [1.165, 1.54) is 18.2 Å². The van der Waals surface area contributed by atoms with Crippen molar-refractivity contribution >= 4 is 11.9 Å². The number of urea groups is 1. The zero-order valence-corrected chi connectivity index (χ0v) is 11.9. The first kappa shape index (κ1) is 15.4. The molecule has 0 bridgehead atoms. The van der Waals surface area contributed by atoms with E-state index in [1.807, 2.05) is 6.92 Å². The molecule has 1 aromatic carbocycles. The molecule has 0 unspecified atom stereocenters. The van der Waals surface area contributed by atoms with E-state index in [-0.39, 0.29) is 12.5 Å². The Balaban J connectivity index is 2.02. The predicted molar refractivity (Wildman–Crippen MR) is 74.9 cm³/mol. The van der Waals surface area contributed by atoms with Gasteiger partial charge >= 0.3 is 6.03 Å². The van der Waals surface area contributed by atoms with Crippen molar-refractivity contribution in [1.29, 1.82) is 0 Å². The van der Waals surface area contributed by atoms with Crippen LogP contribution < -0.4 is 5.32 Å². The summed E-state index contributed by atoms with van der Waals surface area (Å²) in [6.07, 6.45) is 1.27. The number of aliphatic hydroxyl groups excluding tert-OH is 1. The summed E-state index contributed by atoms with van der Waals surface area (Å²) >= 11 is 0. The normalized spacial score (nSPS) is 19.8. The SMILES string of the molecule is CCCC[C@@H]1NC(=O)N(C[C@@H](O)c2cccc(F)c2)C1=O. The molecule has 2 atom stereocenters. The molecule has 0 aromatic heterocycles. The number of hydrogen-bond donors (Lipinski definition) is 2. The first-order chi connectivity index (χ1) is 10.0. The fourth-order valence-corrected chi connectivity index (χ4v) is 2.35. The molecule has 0 saturated carbocycles.